The SMILES string of the molecule is O=C(O)CI.[H-].[Li+]. The maximum Gasteiger partial charge on any atom is 1.00 e. The van der Waals surface area contributed by atoms with Gasteiger partial charge in [0.25, 0.3) is 0 Å². The van der Waals surface area contributed by atoms with Gasteiger partial charge in [0.05, 0.1) is 4.43 Å². The molecule has 32 valence electrons. The molecule has 6 heavy (non-hydrogen) atoms. The van der Waals surface area contributed by atoms with Crippen molar-refractivity contribution < 1.29 is 30.2 Å². The predicted molar refractivity (Wildman–Crippen MR) is 27.6 cm³/mol. The van der Waals surface area contributed by atoms with E-state index in [1.165, 1.54) is 0 Å². The summed E-state index contributed by atoms with van der Waals surface area (Å²) < 4.78 is 0.192. The van der Waals surface area contributed by atoms with Crippen LogP contribution in [0, 0.1) is 0 Å². The first-order valence-electron chi connectivity index (χ1n) is 1.05. The Bertz CT molecular complexity index is 51.0. The maximum atomic E-state index is 9.36. The number of rotatable bonds is 1. The average Bonchev–Trinajstić information content (AvgIpc) is 1.38. The first-order valence-corrected chi connectivity index (χ1v) is 2.57. The summed E-state index contributed by atoms with van der Waals surface area (Å²) in [6, 6.07) is 0. The third-order valence-electron chi connectivity index (χ3n) is 0.114. The van der Waals surface area contributed by atoms with Gasteiger partial charge in [-0.15, -0.1) is 0 Å². The number of alkyl halides is 1. The van der Waals surface area contributed by atoms with Crippen LogP contribution in [0.4, 0.5) is 0 Å². The first-order chi connectivity index (χ1) is 2.27. The van der Waals surface area contributed by atoms with Crippen molar-refractivity contribution in [2.24, 2.45) is 0 Å². The zero-order valence-electron chi connectivity index (χ0n) is 4.44. The summed E-state index contributed by atoms with van der Waals surface area (Å²) >= 11 is 1.78. The Morgan fingerprint density at radius 1 is 2.00 bits per heavy atom. The topological polar surface area (TPSA) is 37.3 Å². The molecular formula is C2H4ILiO2. The third kappa shape index (κ3) is 8.84. The average molecular weight is 194 g/mol. The molecule has 0 atom stereocenters. The van der Waals surface area contributed by atoms with Gasteiger partial charge in [-0.25, -0.2) is 0 Å². The molecule has 0 aliphatic rings. The Morgan fingerprint density at radius 2 is 2.17 bits per heavy atom. The molecule has 0 amide bonds. The fourth-order valence-corrected chi connectivity index (χ4v) is 0. The Morgan fingerprint density at radius 3 is 2.17 bits per heavy atom. The molecule has 0 aliphatic heterocycles. The molecule has 2 nitrogen and oxygen atoms in total. The fraction of sp³-hybridized carbons (Fsp3) is 0.500. The van der Waals surface area contributed by atoms with Crippen molar-refractivity contribution in [3.05, 3.63) is 0 Å². The van der Waals surface area contributed by atoms with Crippen molar-refractivity contribution >= 4 is 28.6 Å². The molecule has 4 heteroatoms. The normalized spacial score (nSPS) is 6.17. The van der Waals surface area contributed by atoms with Crippen LogP contribution in [-0.2, 0) is 4.79 Å². The van der Waals surface area contributed by atoms with Crippen molar-refractivity contribution in [3.8, 4) is 0 Å². The number of carboxylic acids is 1. The second-order valence-electron chi connectivity index (χ2n) is 0.527. The van der Waals surface area contributed by atoms with Gasteiger partial charge in [0.2, 0.25) is 0 Å². The van der Waals surface area contributed by atoms with E-state index in [0.29, 0.717) is 0 Å². The van der Waals surface area contributed by atoms with Crippen LogP contribution in [0.25, 0.3) is 0 Å². The van der Waals surface area contributed by atoms with E-state index in [1.807, 2.05) is 0 Å². The van der Waals surface area contributed by atoms with Gasteiger partial charge in [-0.1, -0.05) is 22.6 Å². The van der Waals surface area contributed by atoms with Gasteiger partial charge in [-0.2, -0.15) is 0 Å². The van der Waals surface area contributed by atoms with Gasteiger partial charge in [-0.3, -0.25) is 4.79 Å². The summed E-state index contributed by atoms with van der Waals surface area (Å²) in [6.45, 7) is 0. The molecule has 1 N–H and O–H groups in total. The number of carbonyl (C=O) groups is 1. The summed E-state index contributed by atoms with van der Waals surface area (Å²) in [7, 11) is 0. The number of halogens is 1. The van der Waals surface area contributed by atoms with Gasteiger partial charge in [0.15, 0.2) is 0 Å². The molecule has 0 heterocycles. The third-order valence-corrected chi connectivity index (χ3v) is 0.767. The Balaban J connectivity index is -0.0000000800. The van der Waals surface area contributed by atoms with Gasteiger partial charge < -0.3 is 6.53 Å². The van der Waals surface area contributed by atoms with Crippen LogP contribution >= 0.6 is 22.6 Å². The van der Waals surface area contributed by atoms with Crippen molar-refractivity contribution in [1.29, 1.82) is 0 Å². The van der Waals surface area contributed by atoms with Crippen LogP contribution in [-0.4, -0.2) is 15.5 Å². The molecule has 0 rings (SSSR count). The monoisotopic (exact) mass is 194 g/mol. The number of carboxylic acid groups (broad SMARTS) is 1. The van der Waals surface area contributed by atoms with E-state index in [-0.39, 0.29) is 24.7 Å². The van der Waals surface area contributed by atoms with Gasteiger partial charge >= 0.3 is 24.8 Å². The van der Waals surface area contributed by atoms with Crippen molar-refractivity contribution in [1.82, 2.24) is 0 Å². The van der Waals surface area contributed by atoms with Crippen molar-refractivity contribution in [2.45, 2.75) is 0 Å². The maximum absolute atomic E-state index is 9.36. The smallest absolute Gasteiger partial charge is 1.00 e. The minimum absolute atomic E-state index is 0. The van der Waals surface area contributed by atoms with E-state index < -0.39 is 5.97 Å². The Kier molecular flexibility index (Phi) is 9.59. The summed E-state index contributed by atoms with van der Waals surface area (Å²) in [5.74, 6) is -0.759. The first kappa shape index (κ1) is 9.93. The zero-order valence-corrected chi connectivity index (χ0v) is 5.60. The van der Waals surface area contributed by atoms with Gasteiger partial charge in [0, 0.05) is 0 Å². The predicted octanol–water partition coefficient (Wildman–Crippen LogP) is -2.38. The summed E-state index contributed by atoms with van der Waals surface area (Å²) in [5, 5.41) is 7.71. The van der Waals surface area contributed by atoms with E-state index in [2.05, 4.69) is 0 Å². The molecular weight excluding hydrogens is 190 g/mol. The van der Waals surface area contributed by atoms with E-state index in [9.17, 15) is 4.79 Å². The standard InChI is InChI=1S/C2H3IO2.Li.H/c3-1-2(4)5;;/h1H2,(H,4,5);;/q;+1;-1. The molecule has 0 saturated heterocycles. The quantitative estimate of drug-likeness (QED) is 0.287. The second kappa shape index (κ2) is 5.80. The van der Waals surface area contributed by atoms with E-state index in [0.717, 1.165) is 0 Å². The second-order valence-corrected chi connectivity index (χ2v) is 1.29. The van der Waals surface area contributed by atoms with Crippen molar-refractivity contribution in [3.63, 3.8) is 0 Å². The van der Waals surface area contributed by atoms with Crippen LogP contribution in [0.1, 0.15) is 1.43 Å². The molecule has 0 radical (unpaired) electrons. The molecule has 0 spiro atoms. The fourth-order valence-electron chi connectivity index (χ4n) is 0. The molecule has 0 aromatic rings. The Labute approximate surface area is 63.1 Å². The van der Waals surface area contributed by atoms with Crippen LogP contribution in [0.15, 0.2) is 0 Å². The van der Waals surface area contributed by atoms with Gasteiger partial charge in [0.1, 0.15) is 0 Å². The molecule has 0 unspecified atom stereocenters. The Hall–Kier alpha value is 0.797. The van der Waals surface area contributed by atoms with Crippen LogP contribution < -0.4 is 18.9 Å². The summed E-state index contributed by atoms with van der Waals surface area (Å²) in [4.78, 5) is 9.36. The zero-order chi connectivity index (χ0) is 4.28. The molecule has 0 aromatic heterocycles. The van der Waals surface area contributed by atoms with Crippen LogP contribution in [0.5, 0.6) is 0 Å². The number of hydrogen-bond donors (Lipinski definition) is 1. The largest absolute Gasteiger partial charge is 1.00 e. The van der Waals surface area contributed by atoms with E-state index >= 15 is 0 Å². The number of aliphatic carboxylic acids is 1. The molecule has 0 aliphatic carbocycles. The summed E-state index contributed by atoms with van der Waals surface area (Å²) in [5.41, 5.74) is 0. The van der Waals surface area contributed by atoms with Crippen molar-refractivity contribution in [2.75, 3.05) is 4.43 Å². The van der Waals surface area contributed by atoms with Gasteiger partial charge in [-0.05, 0) is 0 Å². The summed E-state index contributed by atoms with van der Waals surface area (Å²) in [6.07, 6.45) is 0. The molecule has 0 bridgehead atoms. The van der Waals surface area contributed by atoms with E-state index in [1.54, 1.807) is 22.6 Å². The molecule has 0 saturated carbocycles. The molecule has 0 fully saturated rings. The minimum Gasteiger partial charge on any atom is -1.00 e. The number of hydrogen-bond acceptors (Lipinski definition) is 1. The van der Waals surface area contributed by atoms with Crippen LogP contribution in [0.2, 0.25) is 0 Å². The minimum atomic E-state index is -0.759. The van der Waals surface area contributed by atoms with E-state index in [4.69, 9.17) is 5.11 Å². The van der Waals surface area contributed by atoms with Crippen LogP contribution in [0.3, 0.4) is 0 Å². The molecule has 0 aromatic carbocycles.